The van der Waals surface area contributed by atoms with Crippen molar-refractivity contribution in [2.45, 2.75) is 13.0 Å². The molecule has 2 heterocycles. The monoisotopic (exact) mass is 259 g/mol. The Kier molecular flexibility index (Phi) is 2.22. The van der Waals surface area contributed by atoms with E-state index in [-0.39, 0.29) is 0 Å². The van der Waals surface area contributed by atoms with Gasteiger partial charge < -0.3 is 14.6 Å². The average Bonchev–Trinajstić information content (AvgIpc) is 2.42. The summed E-state index contributed by atoms with van der Waals surface area (Å²) in [6.45, 7) is 0.943. The number of carbonyl (C=O) groups is 1. The minimum absolute atomic E-state index is 0.393. The first-order valence-corrected chi connectivity index (χ1v) is 5.06. The van der Waals surface area contributed by atoms with Crippen LogP contribution >= 0.6 is 15.9 Å². The number of imidazole rings is 1. The molecule has 0 saturated heterocycles. The Bertz CT molecular complexity index is 388. The first kappa shape index (κ1) is 9.51. The number of fused-ring (bicyclic) bond motifs is 1. The van der Waals surface area contributed by atoms with Gasteiger partial charge in [0.15, 0.2) is 4.73 Å². The highest BCUT2D eigenvalue weighted by Gasteiger charge is 2.24. The second-order valence-corrected chi connectivity index (χ2v) is 4.00. The standard InChI is InChI=1S/C8H10BrN3O2/c1-11-6-2-3-12(8(13)14)4-5(6)10-7(11)9/h2-4H2,1H3,(H,13,14). The molecule has 0 radical (unpaired) electrons. The Morgan fingerprint density at radius 2 is 2.36 bits per heavy atom. The van der Waals surface area contributed by atoms with E-state index >= 15 is 0 Å². The fourth-order valence-corrected chi connectivity index (χ4v) is 2.09. The largest absolute Gasteiger partial charge is 0.465 e. The Hall–Kier alpha value is -1.04. The molecule has 0 bridgehead atoms. The predicted molar refractivity (Wildman–Crippen MR) is 53.0 cm³/mol. The topological polar surface area (TPSA) is 58.4 Å². The van der Waals surface area contributed by atoms with Crippen LogP contribution in [0.15, 0.2) is 4.73 Å². The number of amides is 1. The molecule has 76 valence electrons. The Balaban J connectivity index is 2.31. The van der Waals surface area contributed by atoms with Crippen LogP contribution in [-0.4, -0.2) is 32.2 Å². The minimum Gasteiger partial charge on any atom is -0.465 e. The maximum atomic E-state index is 10.7. The van der Waals surface area contributed by atoms with Gasteiger partial charge in [-0.3, -0.25) is 0 Å². The van der Waals surface area contributed by atoms with Crippen molar-refractivity contribution < 1.29 is 9.90 Å². The van der Waals surface area contributed by atoms with Crippen LogP contribution < -0.4 is 0 Å². The Labute approximate surface area is 89.5 Å². The normalized spacial score (nSPS) is 15.4. The van der Waals surface area contributed by atoms with E-state index < -0.39 is 6.09 Å². The lowest BCUT2D eigenvalue weighted by atomic mass is 10.1. The molecule has 14 heavy (non-hydrogen) atoms. The van der Waals surface area contributed by atoms with Gasteiger partial charge in [-0.05, 0) is 15.9 Å². The van der Waals surface area contributed by atoms with Crippen LogP contribution in [0, 0.1) is 0 Å². The fraction of sp³-hybridized carbons (Fsp3) is 0.500. The quantitative estimate of drug-likeness (QED) is 0.763. The fourth-order valence-electron chi connectivity index (χ4n) is 1.66. The molecule has 0 aliphatic carbocycles. The second-order valence-electron chi connectivity index (χ2n) is 3.29. The summed E-state index contributed by atoms with van der Waals surface area (Å²) in [5.74, 6) is 0. The lowest BCUT2D eigenvalue weighted by Crippen LogP contribution is -2.35. The van der Waals surface area contributed by atoms with Crippen LogP contribution in [0.1, 0.15) is 11.4 Å². The average molecular weight is 260 g/mol. The number of hydrogen-bond acceptors (Lipinski definition) is 2. The van der Waals surface area contributed by atoms with E-state index in [0.29, 0.717) is 13.1 Å². The van der Waals surface area contributed by atoms with E-state index in [9.17, 15) is 4.79 Å². The van der Waals surface area contributed by atoms with Crippen LogP contribution in [0.2, 0.25) is 0 Å². The molecule has 0 atom stereocenters. The van der Waals surface area contributed by atoms with E-state index in [0.717, 1.165) is 22.5 Å². The summed E-state index contributed by atoms with van der Waals surface area (Å²) in [6.07, 6.45) is -0.145. The molecule has 1 amide bonds. The molecule has 0 unspecified atom stereocenters. The number of halogens is 1. The molecule has 1 aliphatic heterocycles. The van der Waals surface area contributed by atoms with Crippen LogP contribution in [-0.2, 0) is 20.0 Å². The third-order valence-corrected chi connectivity index (χ3v) is 3.18. The smallest absolute Gasteiger partial charge is 0.407 e. The summed E-state index contributed by atoms with van der Waals surface area (Å²) in [7, 11) is 1.92. The molecular formula is C8H10BrN3O2. The van der Waals surface area contributed by atoms with Crippen molar-refractivity contribution >= 4 is 22.0 Å². The van der Waals surface area contributed by atoms with Gasteiger partial charge in [-0.1, -0.05) is 0 Å². The van der Waals surface area contributed by atoms with Gasteiger partial charge in [0.05, 0.1) is 12.2 Å². The highest BCUT2D eigenvalue weighted by molar-refractivity contribution is 9.10. The summed E-state index contributed by atoms with van der Waals surface area (Å²) in [5, 5.41) is 8.82. The van der Waals surface area contributed by atoms with Crippen molar-refractivity contribution in [3.63, 3.8) is 0 Å². The third-order valence-electron chi connectivity index (χ3n) is 2.47. The van der Waals surface area contributed by atoms with Gasteiger partial charge >= 0.3 is 6.09 Å². The van der Waals surface area contributed by atoms with Gasteiger partial charge in [-0.25, -0.2) is 9.78 Å². The van der Waals surface area contributed by atoms with Crippen molar-refractivity contribution in [1.82, 2.24) is 14.5 Å². The van der Waals surface area contributed by atoms with Crippen molar-refractivity contribution in [3.05, 3.63) is 16.1 Å². The second kappa shape index (κ2) is 3.27. The predicted octanol–water partition coefficient (Wildman–Crippen LogP) is 1.22. The maximum absolute atomic E-state index is 10.7. The zero-order chi connectivity index (χ0) is 10.3. The zero-order valence-corrected chi connectivity index (χ0v) is 9.28. The van der Waals surface area contributed by atoms with Gasteiger partial charge in [0.1, 0.15) is 0 Å². The van der Waals surface area contributed by atoms with Gasteiger partial charge in [0, 0.05) is 25.7 Å². The molecule has 1 aromatic rings. The SMILES string of the molecule is Cn1c(Br)nc2c1CCN(C(=O)O)C2. The Morgan fingerprint density at radius 3 is 3.00 bits per heavy atom. The van der Waals surface area contributed by atoms with E-state index in [2.05, 4.69) is 20.9 Å². The van der Waals surface area contributed by atoms with Crippen LogP contribution in [0.4, 0.5) is 4.79 Å². The van der Waals surface area contributed by atoms with E-state index in [1.165, 1.54) is 4.90 Å². The molecule has 0 saturated carbocycles. The molecule has 2 rings (SSSR count). The molecule has 0 fully saturated rings. The van der Waals surface area contributed by atoms with E-state index in [1.54, 1.807) is 0 Å². The third kappa shape index (κ3) is 1.39. The number of nitrogens with zero attached hydrogens (tertiary/aromatic N) is 3. The molecule has 1 N–H and O–H groups in total. The van der Waals surface area contributed by atoms with E-state index in [4.69, 9.17) is 5.11 Å². The molecule has 5 nitrogen and oxygen atoms in total. The maximum Gasteiger partial charge on any atom is 0.407 e. The van der Waals surface area contributed by atoms with Gasteiger partial charge in [-0.2, -0.15) is 0 Å². The zero-order valence-electron chi connectivity index (χ0n) is 7.70. The van der Waals surface area contributed by atoms with Gasteiger partial charge in [0.2, 0.25) is 0 Å². The van der Waals surface area contributed by atoms with Crippen molar-refractivity contribution in [2.24, 2.45) is 7.05 Å². The van der Waals surface area contributed by atoms with Gasteiger partial charge in [-0.15, -0.1) is 0 Å². The molecule has 1 aromatic heterocycles. The van der Waals surface area contributed by atoms with Gasteiger partial charge in [0.25, 0.3) is 0 Å². The minimum atomic E-state index is -0.877. The van der Waals surface area contributed by atoms with Crippen LogP contribution in [0.5, 0.6) is 0 Å². The number of rotatable bonds is 0. The van der Waals surface area contributed by atoms with Crippen LogP contribution in [0.3, 0.4) is 0 Å². The molecule has 1 aliphatic rings. The molecule has 0 aromatic carbocycles. The summed E-state index contributed by atoms with van der Waals surface area (Å²) in [5.41, 5.74) is 1.97. The molecule has 0 spiro atoms. The summed E-state index contributed by atoms with van der Waals surface area (Å²) >= 11 is 3.32. The van der Waals surface area contributed by atoms with Crippen molar-refractivity contribution in [1.29, 1.82) is 0 Å². The number of carboxylic acid groups (broad SMARTS) is 1. The summed E-state index contributed by atoms with van der Waals surface area (Å²) in [4.78, 5) is 16.4. The van der Waals surface area contributed by atoms with Crippen LogP contribution in [0.25, 0.3) is 0 Å². The van der Waals surface area contributed by atoms with E-state index in [1.807, 2.05) is 11.6 Å². The van der Waals surface area contributed by atoms with Crippen molar-refractivity contribution in [3.8, 4) is 0 Å². The highest BCUT2D eigenvalue weighted by atomic mass is 79.9. The lowest BCUT2D eigenvalue weighted by molar-refractivity contribution is 0.139. The highest BCUT2D eigenvalue weighted by Crippen LogP contribution is 2.21. The molecular weight excluding hydrogens is 250 g/mol. The first-order chi connectivity index (χ1) is 6.59. The Morgan fingerprint density at radius 1 is 1.64 bits per heavy atom. The number of aromatic nitrogens is 2. The summed E-state index contributed by atoms with van der Waals surface area (Å²) < 4.78 is 2.71. The lowest BCUT2D eigenvalue weighted by Gasteiger charge is -2.23. The summed E-state index contributed by atoms with van der Waals surface area (Å²) in [6, 6.07) is 0. The van der Waals surface area contributed by atoms with Crippen molar-refractivity contribution in [2.75, 3.05) is 6.54 Å². The number of hydrogen-bond donors (Lipinski definition) is 1. The first-order valence-electron chi connectivity index (χ1n) is 4.27. The molecule has 6 heteroatoms.